The van der Waals surface area contributed by atoms with Crippen LogP contribution in [-0.2, 0) is 80.9 Å². The van der Waals surface area contributed by atoms with Gasteiger partial charge in [-0.3, -0.25) is 36.4 Å². The van der Waals surface area contributed by atoms with Crippen molar-refractivity contribution >= 4 is 218 Å². The predicted octanol–water partition coefficient (Wildman–Crippen LogP) is 8.10. The zero-order valence-corrected chi connectivity index (χ0v) is 59.2. The Morgan fingerprint density at radius 1 is 0.321 bits per heavy atom. The summed E-state index contributed by atoms with van der Waals surface area (Å²) in [5.74, 6) is -1.68. The molecule has 8 aromatic carbocycles. The number of nitrogens with one attached hydrogen (secondary N) is 6. The molecular weight excluding hydrogens is 1620 g/mol. The summed E-state index contributed by atoms with van der Waals surface area (Å²) in [6.07, 6.45) is 0. The highest BCUT2D eigenvalue weighted by atomic mass is 35.5. The number of benzene rings is 8. The van der Waals surface area contributed by atoms with Crippen LogP contribution in [0.2, 0.25) is 10.6 Å². The molecule has 0 bridgehead atoms. The number of carbonyl (C=O) groups is 2. The number of halogens is 2. The fraction of sp³-hybridized carbons (Fsp3) is 0. The van der Waals surface area contributed by atoms with Gasteiger partial charge >= 0.3 is 12.1 Å². The van der Waals surface area contributed by atoms with Crippen molar-refractivity contribution in [3.63, 3.8) is 0 Å². The van der Waals surface area contributed by atoms with Crippen molar-refractivity contribution in [2.75, 3.05) is 31.9 Å². The molecule has 0 aliphatic carbocycles. The lowest BCUT2D eigenvalue weighted by atomic mass is 10.0. The number of anilines is 10. The Labute approximate surface area is 603 Å². The van der Waals surface area contributed by atoms with Crippen molar-refractivity contribution in [1.82, 2.24) is 29.9 Å². The number of hydrogen-bond acceptors (Lipinski definition) is 32. The molecule has 44 nitrogen and oxygen atoms in total. The molecule has 18 N–H and O–H groups in total. The Morgan fingerprint density at radius 3 is 0.887 bits per heavy atom. The van der Waals surface area contributed by atoms with Crippen LogP contribution in [-0.4, -0.2) is 146 Å². The van der Waals surface area contributed by atoms with Crippen molar-refractivity contribution in [2.45, 2.75) is 39.2 Å². The molecule has 0 aliphatic rings. The summed E-state index contributed by atoms with van der Waals surface area (Å²) in [7, 11) is -42.3. The van der Waals surface area contributed by atoms with Gasteiger partial charge in [-0.2, -0.15) is 97.2 Å². The lowest BCUT2D eigenvalue weighted by molar-refractivity contribution is 0.258. The third kappa shape index (κ3) is 18.4. The van der Waals surface area contributed by atoms with E-state index in [1.165, 1.54) is 12.1 Å². The quantitative estimate of drug-likeness (QED) is 0.0212. The first-order valence-corrected chi connectivity index (χ1v) is 39.7. The molecule has 0 unspecified atom stereocenters. The fourth-order valence-electron chi connectivity index (χ4n) is 9.53. The van der Waals surface area contributed by atoms with Gasteiger partial charge in [-0.05, 0) is 143 Å². The van der Waals surface area contributed by atoms with Gasteiger partial charge in [0, 0.05) is 44.6 Å². The molecule has 106 heavy (non-hydrogen) atoms. The van der Waals surface area contributed by atoms with E-state index in [2.05, 4.69) is 82.3 Å². The fourth-order valence-corrected chi connectivity index (χ4v) is 15.3. The lowest BCUT2D eigenvalue weighted by Crippen LogP contribution is -2.19. The molecule has 2 aromatic heterocycles. The van der Waals surface area contributed by atoms with Crippen LogP contribution in [0.5, 0.6) is 0 Å². The Bertz CT molecular complexity index is 6140. The maximum atomic E-state index is 13.1. The Morgan fingerprint density at radius 2 is 0.604 bits per heavy atom. The number of nitrogens with zero attached hydrogens (tertiary/aromatic N) is 10. The van der Waals surface area contributed by atoms with Gasteiger partial charge in [-0.15, -0.1) is 20.5 Å². The van der Waals surface area contributed by atoms with Gasteiger partial charge in [0.05, 0.1) is 21.2 Å². The molecule has 0 fully saturated rings. The van der Waals surface area contributed by atoms with Crippen molar-refractivity contribution in [1.29, 1.82) is 0 Å². The average molecular weight is 1660 g/mol. The molecule has 0 spiro atoms. The Balaban J connectivity index is 0.894. The van der Waals surface area contributed by atoms with Gasteiger partial charge in [-0.25, -0.2) is 9.59 Å². The highest BCUT2D eigenvalue weighted by Crippen LogP contribution is 2.42. The number of primary amides is 2. The molecule has 10 rings (SSSR count). The van der Waals surface area contributed by atoms with Crippen molar-refractivity contribution in [2.24, 2.45) is 31.9 Å². The smallest absolute Gasteiger partial charge is 0.316 e. The van der Waals surface area contributed by atoms with E-state index in [4.69, 9.17) is 34.7 Å². The van der Waals surface area contributed by atoms with Crippen LogP contribution in [0.3, 0.4) is 0 Å². The molecular formula is C52H38Cl2N18O26S8. The number of amides is 4. The molecule has 0 aliphatic heterocycles. The molecule has 554 valence electrons. The summed E-state index contributed by atoms with van der Waals surface area (Å²) < 4.78 is 280. The maximum absolute atomic E-state index is 13.1. The summed E-state index contributed by atoms with van der Waals surface area (Å²) in [4.78, 5) is 39.8. The molecule has 4 amide bonds. The summed E-state index contributed by atoms with van der Waals surface area (Å²) in [5, 5.41) is 27.1. The van der Waals surface area contributed by atoms with Gasteiger partial charge in [0.15, 0.2) is 0 Å². The number of hydrogen-bond donors (Lipinski definition) is 16. The number of fused-ring (bicyclic) bond motifs is 2. The second kappa shape index (κ2) is 28.5. The third-order valence-electron chi connectivity index (χ3n) is 13.7. The molecule has 0 saturated heterocycles. The maximum Gasteiger partial charge on any atom is 0.316 e. The highest BCUT2D eigenvalue weighted by Gasteiger charge is 2.29. The van der Waals surface area contributed by atoms with Crippen LogP contribution in [0.4, 0.5) is 90.3 Å². The highest BCUT2D eigenvalue weighted by molar-refractivity contribution is 7.88. The first-order chi connectivity index (χ1) is 48.9. The van der Waals surface area contributed by atoms with Crippen molar-refractivity contribution in [3.05, 3.63) is 132 Å². The SMILES string of the molecule is NC(=O)Nc1cc(Nc2nc(Cl)nc(Nc3ccc(-c4ccc(Nc5nc(Cl)nc(Nc6ccc(N=Nc7cc8c(S(=O)(=O)O)cc(S(=O)(=O)O)cc8cc7S(=O)(=O)O)c(NC(N)=O)c6)n5)cc4S(=O)(=O)O)c(S(=O)(=O)O)c3)n2)ccc1N=Nc1cc2c(S(=O)(=O)O)cc(S(=O)(=O)O)cc2cc1S(=O)(=O)O. The van der Waals surface area contributed by atoms with Gasteiger partial charge in [0.2, 0.25) is 34.4 Å². The van der Waals surface area contributed by atoms with E-state index in [-0.39, 0.29) is 45.5 Å². The minimum absolute atomic E-state index is 0.0230. The molecule has 0 radical (unpaired) electrons. The standard InChI is InChI=1S/C52H38Cl2N18O26S8/c53-45-63-49(57-23-3-7-33(35(13-23)61-47(55)73)69-71-37-19-31-21(11-43(37)105(93,94)95)9-27(99(75,76)77)17-41(31)103(87,88)89)67-51(65-45)59-25-1-5-29(39(15-25)101(81,82)83)30-6-2-26(16-40(30)102(84,85)86)60-52-66-46(54)64-50(68-52)58-24-4-8-34(36(14-24)62-48(56)74)70-72-38-20-32-22(12-44(38)106(96,97)98)10-28(100(78,79)80)18-42(32)104(90,91)92/h1-20H,(H3,55,61,73)(H3,56,62,74)(H,75,76,77)(H,78,79,80)(H,81,82,83)(H,84,85,86)(H,87,88,89)(H,90,91,92)(H,93,94,95)(H,96,97,98)(H2,57,59,63,65,67)(H2,58,60,64,66,68). The van der Waals surface area contributed by atoms with E-state index in [0.29, 0.717) is 48.5 Å². The van der Waals surface area contributed by atoms with Gasteiger partial charge in [0.1, 0.15) is 52.1 Å². The summed E-state index contributed by atoms with van der Waals surface area (Å²) >= 11 is 12.5. The Kier molecular flexibility index (Phi) is 20.9. The Hall–Kier alpha value is -10.9. The molecule has 0 saturated carbocycles. The number of aromatic nitrogens is 6. The van der Waals surface area contributed by atoms with Crippen molar-refractivity contribution < 1.29 is 113 Å². The number of azo groups is 2. The first kappa shape index (κ1) is 77.7. The second-order valence-electron chi connectivity index (χ2n) is 21.0. The van der Waals surface area contributed by atoms with E-state index < -0.39 is 211 Å². The zero-order chi connectivity index (χ0) is 77.9. The topological polar surface area (TPSA) is 720 Å². The van der Waals surface area contributed by atoms with Crippen LogP contribution in [0, 0.1) is 0 Å². The molecule has 10 aromatic rings. The van der Waals surface area contributed by atoms with Gasteiger partial charge in [0.25, 0.3) is 80.9 Å². The van der Waals surface area contributed by atoms with Gasteiger partial charge in [-0.1, -0.05) is 12.1 Å². The lowest BCUT2D eigenvalue weighted by Gasteiger charge is -2.15. The summed E-state index contributed by atoms with van der Waals surface area (Å²) in [6, 6.07) is 14.7. The summed E-state index contributed by atoms with van der Waals surface area (Å²) in [5.41, 5.74) is 6.24. The number of carbonyl (C=O) groups excluding carboxylic acids is 2. The first-order valence-electron chi connectivity index (χ1n) is 27.4. The van der Waals surface area contributed by atoms with Crippen LogP contribution < -0.4 is 43.4 Å². The minimum Gasteiger partial charge on any atom is -0.351 e. The van der Waals surface area contributed by atoms with E-state index in [0.717, 1.165) is 60.7 Å². The minimum atomic E-state index is -5.36. The van der Waals surface area contributed by atoms with Crippen LogP contribution in [0.1, 0.15) is 0 Å². The normalized spacial score (nSPS) is 12.7. The van der Waals surface area contributed by atoms with E-state index >= 15 is 0 Å². The van der Waals surface area contributed by atoms with Crippen LogP contribution in [0.25, 0.3) is 32.7 Å². The monoisotopic (exact) mass is 1660 g/mol. The summed E-state index contributed by atoms with van der Waals surface area (Å²) in [6.45, 7) is 0. The number of rotatable bonds is 23. The van der Waals surface area contributed by atoms with Crippen LogP contribution >= 0.6 is 23.2 Å². The van der Waals surface area contributed by atoms with E-state index in [9.17, 15) is 113 Å². The third-order valence-corrected chi connectivity index (χ3v) is 21.1. The van der Waals surface area contributed by atoms with Crippen LogP contribution in [0.15, 0.2) is 181 Å². The molecule has 0 atom stereocenters. The van der Waals surface area contributed by atoms with E-state index in [1.807, 2.05) is 0 Å². The largest absolute Gasteiger partial charge is 0.351 e. The average Bonchev–Trinajstić information content (AvgIpc) is 0.758. The van der Waals surface area contributed by atoms with Crippen molar-refractivity contribution in [3.8, 4) is 11.1 Å². The van der Waals surface area contributed by atoms with Gasteiger partial charge < -0.3 is 43.4 Å². The second-order valence-corrected chi connectivity index (χ2v) is 32.9. The predicted molar refractivity (Wildman–Crippen MR) is 369 cm³/mol. The zero-order valence-electron chi connectivity index (χ0n) is 51.1. The van der Waals surface area contributed by atoms with E-state index in [1.54, 1.807) is 0 Å². The molecule has 2 heterocycles. The molecule has 54 heteroatoms. The number of nitrogens with two attached hydrogens (primary N) is 2. The number of urea groups is 2.